The number of hydrogen-bond donors (Lipinski definition) is 1. The van der Waals surface area contributed by atoms with Crippen molar-refractivity contribution in [2.24, 2.45) is 5.73 Å². The smallest absolute Gasteiger partial charge is 0.123 e. The lowest BCUT2D eigenvalue weighted by atomic mass is 10.3. The van der Waals surface area contributed by atoms with Crippen molar-refractivity contribution in [2.45, 2.75) is 20.0 Å². The van der Waals surface area contributed by atoms with Gasteiger partial charge in [0, 0.05) is 19.2 Å². The molecular weight excluding hydrogens is 218 g/mol. The zero-order valence-corrected chi connectivity index (χ0v) is 10.5. The minimum Gasteiger partial charge on any atom is -0.494 e. The fourth-order valence-electron chi connectivity index (χ4n) is 1.43. The van der Waals surface area contributed by atoms with Gasteiger partial charge in [-0.15, -0.1) is 0 Å². The Morgan fingerprint density at radius 1 is 1.12 bits per heavy atom. The van der Waals surface area contributed by atoms with Crippen molar-refractivity contribution in [3.05, 3.63) is 24.3 Å². The number of ether oxygens (including phenoxy) is 3. The largest absolute Gasteiger partial charge is 0.494 e. The van der Waals surface area contributed by atoms with Crippen molar-refractivity contribution < 1.29 is 14.2 Å². The first-order chi connectivity index (χ1) is 8.30. The van der Waals surface area contributed by atoms with E-state index in [2.05, 4.69) is 0 Å². The lowest BCUT2D eigenvalue weighted by Crippen LogP contribution is -2.30. The second-order valence-electron chi connectivity index (χ2n) is 3.53. The molecular formula is C13H21NO3. The second-order valence-corrected chi connectivity index (χ2v) is 3.53. The summed E-state index contributed by atoms with van der Waals surface area (Å²) in [6, 6.07) is 7.56. The summed E-state index contributed by atoms with van der Waals surface area (Å²) in [5.41, 5.74) is 5.57. The fraction of sp³-hybridized carbons (Fsp3) is 0.538. The van der Waals surface area contributed by atoms with Crippen LogP contribution < -0.4 is 15.2 Å². The van der Waals surface area contributed by atoms with Gasteiger partial charge in [0.2, 0.25) is 0 Å². The molecule has 0 fully saturated rings. The van der Waals surface area contributed by atoms with Crippen LogP contribution in [0.3, 0.4) is 0 Å². The van der Waals surface area contributed by atoms with Gasteiger partial charge in [-0.25, -0.2) is 0 Å². The predicted molar refractivity (Wildman–Crippen MR) is 67.6 cm³/mol. The number of benzene rings is 1. The maximum absolute atomic E-state index is 5.61. The van der Waals surface area contributed by atoms with Gasteiger partial charge < -0.3 is 19.9 Å². The molecule has 1 atom stereocenters. The molecule has 0 amide bonds. The van der Waals surface area contributed by atoms with Crippen molar-refractivity contribution in [2.75, 3.05) is 26.4 Å². The average molecular weight is 239 g/mol. The van der Waals surface area contributed by atoms with Crippen LogP contribution in [0.1, 0.15) is 13.8 Å². The van der Waals surface area contributed by atoms with Crippen LogP contribution in [0.4, 0.5) is 0 Å². The molecule has 2 N–H and O–H groups in total. The van der Waals surface area contributed by atoms with E-state index in [9.17, 15) is 0 Å². The van der Waals surface area contributed by atoms with Gasteiger partial charge in [-0.1, -0.05) is 6.07 Å². The summed E-state index contributed by atoms with van der Waals surface area (Å²) >= 11 is 0. The molecule has 1 rings (SSSR count). The van der Waals surface area contributed by atoms with Crippen LogP contribution in [-0.2, 0) is 4.74 Å². The molecule has 1 unspecified atom stereocenters. The Hall–Kier alpha value is -1.26. The number of hydrogen-bond acceptors (Lipinski definition) is 4. The number of rotatable bonds is 8. The van der Waals surface area contributed by atoms with E-state index in [1.54, 1.807) is 0 Å². The van der Waals surface area contributed by atoms with Crippen LogP contribution in [0.25, 0.3) is 0 Å². The Bertz CT molecular complexity index is 317. The van der Waals surface area contributed by atoms with Crippen molar-refractivity contribution in [3.8, 4) is 11.5 Å². The van der Waals surface area contributed by atoms with Crippen LogP contribution in [0.5, 0.6) is 11.5 Å². The quantitative estimate of drug-likeness (QED) is 0.752. The van der Waals surface area contributed by atoms with Gasteiger partial charge in [-0.3, -0.25) is 0 Å². The van der Waals surface area contributed by atoms with E-state index in [4.69, 9.17) is 19.9 Å². The fourth-order valence-corrected chi connectivity index (χ4v) is 1.43. The molecule has 0 radical (unpaired) electrons. The molecule has 17 heavy (non-hydrogen) atoms. The standard InChI is InChI=1S/C13H21NO3/c1-3-15-11-6-5-7-12(8-11)17-10-13(9-14)16-4-2/h5-8,13H,3-4,9-10,14H2,1-2H3. The van der Waals surface area contributed by atoms with Gasteiger partial charge in [0.25, 0.3) is 0 Å². The molecule has 0 aliphatic rings. The maximum atomic E-state index is 5.61. The molecule has 4 heteroatoms. The summed E-state index contributed by atoms with van der Waals surface area (Å²) in [6.07, 6.45) is -0.0595. The summed E-state index contributed by atoms with van der Waals surface area (Å²) in [6.45, 7) is 6.10. The molecule has 1 aromatic carbocycles. The summed E-state index contributed by atoms with van der Waals surface area (Å²) in [5.74, 6) is 1.58. The average Bonchev–Trinajstić information content (AvgIpc) is 2.35. The van der Waals surface area contributed by atoms with Crippen molar-refractivity contribution in [1.82, 2.24) is 0 Å². The summed E-state index contributed by atoms with van der Waals surface area (Å²) in [4.78, 5) is 0. The van der Waals surface area contributed by atoms with E-state index in [-0.39, 0.29) is 6.10 Å². The highest BCUT2D eigenvalue weighted by atomic mass is 16.5. The summed E-state index contributed by atoms with van der Waals surface area (Å²) in [7, 11) is 0. The lowest BCUT2D eigenvalue weighted by molar-refractivity contribution is 0.0336. The van der Waals surface area contributed by atoms with E-state index < -0.39 is 0 Å². The van der Waals surface area contributed by atoms with Crippen LogP contribution >= 0.6 is 0 Å². The Balaban J connectivity index is 2.47. The molecule has 0 aliphatic heterocycles. The van der Waals surface area contributed by atoms with Crippen LogP contribution in [0.2, 0.25) is 0 Å². The normalized spacial score (nSPS) is 12.2. The topological polar surface area (TPSA) is 53.7 Å². The molecule has 0 bridgehead atoms. The molecule has 0 aromatic heterocycles. The first-order valence-corrected chi connectivity index (χ1v) is 5.97. The molecule has 0 heterocycles. The van der Waals surface area contributed by atoms with E-state index in [0.29, 0.717) is 26.4 Å². The maximum Gasteiger partial charge on any atom is 0.123 e. The Morgan fingerprint density at radius 2 is 1.82 bits per heavy atom. The second kappa shape index (κ2) is 7.92. The van der Waals surface area contributed by atoms with Gasteiger partial charge in [-0.2, -0.15) is 0 Å². The zero-order chi connectivity index (χ0) is 12.5. The van der Waals surface area contributed by atoms with Crippen molar-refractivity contribution in [1.29, 1.82) is 0 Å². The molecule has 96 valence electrons. The molecule has 0 spiro atoms. The highest BCUT2D eigenvalue weighted by molar-refractivity contribution is 5.32. The molecule has 0 saturated heterocycles. The SMILES string of the molecule is CCOc1cccc(OCC(CN)OCC)c1. The highest BCUT2D eigenvalue weighted by Crippen LogP contribution is 2.19. The third-order valence-corrected chi connectivity index (χ3v) is 2.22. The zero-order valence-electron chi connectivity index (χ0n) is 10.5. The van der Waals surface area contributed by atoms with Crippen molar-refractivity contribution in [3.63, 3.8) is 0 Å². The first-order valence-electron chi connectivity index (χ1n) is 5.97. The van der Waals surface area contributed by atoms with E-state index >= 15 is 0 Å². The molecule has 4 nitrogen and oxygen atoms in total. The Morgan fingerprint density at radius 3 is 2.41 bits per heavy atom. The molecule has 1 aromatic rings. The van der Waals surface area contributed by atoms with Crippen LogP contribution in [0.15, 0.2) is 24.3 Å². The van der Waals surface area contributed by atoms with Gasteiger partial charge >= 0.3 is 0 Å². The summed E-state index contributed by atoms with van der Waals surface area (Å²) < 4.78 is 16.4. The summed E-state index contributed by atoms with van der Waals surface area (Å²) in [5, 5.41) is 0. The first kappa shape index (κ1) is 13.8. The minimum atomic E-state index is -0.0595. The van der Waals surface area contributed by atoms with Gasteiger partial charge in [-0.05, 0) is 26.0 Å². The van der Waals surface area contributed by atoms with Crippen LogP contribution in [0, 0.1) is 0 Å². The predicted octanol–water partition coefficient (Wildman–Crippen LogP) is 1.83. The number of nitrogens with two attached hydrogens (primary N) is 1. The van der Waals surface area contributed by atoms with Crippen molar-refractivity contribution >= 4 is 0 Å². The third kappa shape index (κ3) is 5.06. The molecule has 0 saturated carbocycles. The molecule has 0 aliphatic carbocycles. The monoisotopic (exact) mass is 239 g/mol. The third-order valence-electron chi connectivity index (χ3n) is 2.22. The van der Waals surface area contributed by atoms with Crippen LogP contribution in [-0.4, -0.2) is 32.5 Å². The van der Waals surface area contributed by atoms with E-state index in [1.165, 1.54) is 0 Å². The van der Waals surface area contributed by atoms with Gasteiger partial charge in [0.15, 0.2) is 0 Å². The van der Waals surface area contributed by atoms with Gasteiger partial charge in [0.1, 0.15) is 24.2 Å². The van der Waals surface area contributed by atoms with Gasteiger partial charge in [0.05, 0.1) is 6.61 Å². The highest BCUT2D eigenvalue weighted by Gasteiger charge is 2.07. The Kier molecular flexibility index (Phi) is 6.43. The lowest BCUT2D eigenvalue weighted by Gasteiger charge is -2.16. The van der Waals surface area contributed by atoms with E-state index in [1.807, 2.05) is 38.1 Å². The Labute approximate surface area is 103 Å². The van der Waals surface area contributed by atoms with E-state index in [0.717, 1.165) is 11.5 Å². The minimum absolute atomic E-state index is 0.0595.